The molecule has 1 atom stereocenters. The summed E-state index contributed by atoms with van der Waals surface area (Å²) in [6, 6.07) is 0. The SMILES string of the molecule is CN1CCOC(CN(C)CC2CC(Cl)C2)C1. The summed E-state index contributed by atoms with van der Waals surface area (Å²) in [5, 5.41) is 0.440. The van der Waals surface area contributed by atoms with Crippen molar-refractivity contribution in [2.75, 3.05) is 46.9 Å². The van der Waals surface area contributed by atoms with Crippen LogP contribution in [0.2, 0.25) is 0 Å². The van der Waals surface area contributed by atoms with Crippen LogP contribution in [0.5, 0.6) is 0 Å². The highest BCUT2D eigenvalue weighted by molar-refractivity contribution is 6.21. The molecule has 2 aliphatic rings. The van der Waals surface area contributed by atoms with E-state index in [4.69, 9.17) is 16.3 Å². The molecule has 1 saturated heterocycles. The van der Waals surface area contributed by atoms with Gasteiger partial charge in [0.1, 0.15) is 0 Å². The molecule has 1 aliphatic heterocycles. The molecule has 1 unspecified atom stereocenters. The summed E-state index contributed by atoms with van der Waals surface area (Å²) < 4.78 is 5.76. The van der Waals surface area contributed by atoms with E-state index in [9.17, 15) is 0 Å². The fourth-order valence-electron chi connectivity index (χ4n) is 2.64. The number of alkyl halides is 1. The maximum absolute atomic E-state index is 5.99. The first-order valence-electron chi connectivity index (χ1n) is 6.26. The van der Waals surface area contributed by atoms with Gasteiger partial charge in [-0.05, 0) is 32.9 Å². The number of hydrogen-bond acceptors (Lipinski definition) is 3. The average Bonchev–Trinajstić information content (AvgIpc) is 2.15. The maximum Gasteiger partial charge on any atom is 0.0829 e. The molecule has 0 aromatic heterocycles. The van der Waals surface area contributed by atoms with Crippen LogP contribution >= 0.6 is 11.6 Å². The molecule has 94 valence electrons. The number of hydrogen-bond donors (Lipinski definition) is 0. The van der Waals surface area contributed by atoms with E-state index in [1.165, 1.54) is 19.4 Å². The number of halogens is 1. The molecular weight excluding hydrogens is 224 g/mol. The lowest BCUT2D eigenvalue weighted by Crippen LogP contribution is -2.46. The van der Waals surface area contributed by atoms with Crippen LogP contribution in [0.4, 0.5) is 0 Å². The van der Waals surface area contributed by atoms with Gasteiger partial charge in [-0.15, -0.1) is 11.6 Å². The van der Waals surface area contributed by atoms with Gasteiger partial charge < -0.3 is 14.5 Å². The quantitative estimate of drug-likeness (QED) is 0.695. The number of ether oxygens (including phenoxy) is 1. The third-order valence-electron chi connectivity index (χ3n) is 3.61. The van der Waals surface area contributed by atoms with Gasteiger partial charge in [-0.25, -0.2) is 0 Å². The number of likely N-dealkylation sites (N-methyl/N-ethyl adjacent to an activating group) is 2. The molecule has 1 saturated carbocycles. The van der Waals surface area contributed by atoms with E-state index >= 15 is 0 Å². The van der Waals surface area contributed by atoms with Gasteiger partial charge in [0.15, 0.2) is 0 Å². The highest BCUT2D eigenvalue weighted by Crippen LogP contribution is 2.32. The average molecular weight is 247 g/mol. The second-order valence-electron chi connectivity index (χ2n) is 5.41. The second kappa shape index (κ2) is 5.67. The number of morpholine rings is 1. The Morgan fingerprint density at radius 3 is 2.75 bits per heavy atom. The van der Waals surface area contributed by atoms with Crippen LogP contribution in [0.1, 0.15) is 12.8 Å². The summed E-state index contributed by atoms with van der Waals surface area (Å²) in [5.41, 5.74) is 0. The molecule has 4 heteroatoms. The van der Waals surface area contributed by atoms with Crippen molar-refractivity contribution in [3.05, 3.63) is 0 Å². The summed E-state index contributed by atoms with van der Waals surface area (Å²) in [5.74, 6) is 0.814. The topological polar surface area (TPSA) is 15.7 Å². The van der Waals surface area contributed by atoms with E-state index < -0.39 is 0 Å². The minimum absolute atomic E-state index is 0.385. The lowest BCUT2D eigenvalue weighted by atomic mass is 9.84. The minimum Gasteiger partial charge on any atom is -0.374 e. The van der Waals surface area contributed by atoms with Gasteiger partial charge in [0.05, 0.1) is 12.7 Å². The largest absolute Gasteiger partial charge is 0.374 e. The van der Waals surface area contributed by atoms with Crippen LogP contribution in [0.25, 0.3) is 0 Å². The molecule has 1 aliphatic carbocycles. The normalized spacial score (nSPS) is 36.4. The lowest BCUT2D eigenvalue weighted by molar-refractivity contribution is -0.0349. The van der Waals surface area contributed by atoms with Crippen LogP contribution in [0, 0.1) is 5.92 Å². The summed E-state index contributed by atoms with van der Waals surface area (Å²) in [7, 11) is 4.36. The van der Waals surface area contributed by atoms with Crippen molar-refractivity contribution in [2.45, 2.75) is 24.3 Å². The highest BCUT2D eigenvalue weighted by atomic mass is 35.5. The number of rotatable bonds is 4. The fraction of sp³-hybridized carbons (Fsp3) is 1.00. The number of nitrogens with zero attached hydrogens (tertiary/aromatic N) is 2. The van der Waals surface area contributed by atoms with Crippen molar-refractivity contribution in [1.29, 1.82) is 0 Å². The molecule has 0 radical (unpaired) electrons. The lowest BCUT2D eigenvalue weighted by Gasteiger charge is -2.37. The van der Waals surface area contributed by atoms with Crippen molar-refractivity contribution in [1.82, 2.24) is 9.80 Å². The summed E-state index contributed by atoms with van der Waals surface area (Å²) in [6.07, 6.45) is 2.77. The van der Waals surface area contributed by atoms with E-state index in [2.05, 4.69) is 23.9 Å². The van der Waals surface area contributed by atoms with Gasteiger partial charge in [-0.1, -0.05) is 0 Å². The molecule has 0 spiro atoms. The Kier molecular flexibility index (Phi) is 4.48. The first-order valence-corrected chi connectivity index (χ1v) is 6.70. The molecule has 1 heterocycles. The Hall–Kier alpha value is 0.170. The molecule has 0 N–H and O–H groups in total. The van der Waals surface area contributed by atoms with Crippen LogP contribution in [0.3, 0.4) is 0 Å². The van der Waals surface area contributed by atoms with Gasteiger partial charge >= 0.3 is 0 Å². The molecule has 0 bridgehead atoms. The fourth-order valence-corrected chi connectivity index (χ4v) is 3.15. The van der Waals surface area contributed by atoms with Crippen molar-refractivity contribution >= 4 is 11.6 Å². The predicted octanol–water partition coefficient (Wildman–Crippen LogP) is 1.27. The second-order valence-corrected chi connectivity index (χ2v) is 6.03. The van der Waals surface area contributed by atoms with Crippen molar-refractivity contribution in [3.8, 4) is 0 Å². The van der Waals surface area contributed by atoms with Crippen molar-refractivity contribution in [3.63, 3.8) is 0 Å². The zero-order valence-electron chi connectivity index (χ0n) is 10.4. The van der Waals surface area contributed by atoms with Crippen LogP contribution in [-0.4, -0.2) is 68.2 Å². The standard InChI is InChI=1S/C12H23ClN2O/c1-14-3-4-16-12(8-14)9-15(2)7-10-5-11(13)6-10/h10-12H,3-9H2,1-2H3. The molecule has 0 aromatic rings. The van der Waals surface area contributed by atoms with E-state index in [1.54, 1.807) is 0 Å². The Balaban J connectivity index is 1.64. The third kappa shape index (κ3) is 3.59. The van der Waals surface area contributed by atoms with Gasteiger partial charge in [0.2, 0.25) is 0 Å². The zero-order chi connectivity index (χ0) is 11.5. The van der Waals surface area contributed by atoms with Crippen LogP contribution in [0.15, 0.2) is 0 Å². The highest BCUT2D eigenvalue weighted by Gasteiger charge is 2.29. The van der Waals surface area contributed by atoms with Gasteiger partial charge in [0, 0.05) is 31.6 Å². The molecule has 16 heavy (non-hydrogen) atoms. The predicted molar refractivity (Wildman–Crippen MR) is 67.1 cm³/mol. The van der Waals surface area contributed by atoms with E-state index in [0.29, 0.717) is 11.5 Å². The molecule has 3 nitrogen and oxygen atoms in total. The van der Waals surface area contributed by atoms with E-state index in [0.717, 1.165) is 32.2 Å². The van der Waals surface area contributed by atoms with E-state index in [-0.39, 0.29) is 0 Å². The van der Waals surface area contributed by atoms with E-state index in [1.807, 2.05) is 0 Å². The molecule has 0 amide bonds. The first kappa shape index (κ1) is 12.6. The van der Waals surface area contributed by atoms with Gasteiger partial charge in [-0.3, -0.25) is 0 Å². The molecular formula is C12H23ClN2O. The third-order valence-corrected chi connectivity index (χ3v) is 3.96. The van der Waals surface area contributed by atoms with Crippen molar-refractivity contribution < 1.29 is 4.74 Å². The summed E-state index contributed by atoms with van der Waals surface area (Å²) in [6.45, 7) is 5.23. The van der Waals surface area contributed by atoms with Crippen molar-refractivity contribution in [2.24, 2.45) is 5.92 Å². The Labute approximate surface area is 104 Å². The van der Waals surface area contributed by atoms with Gasteiger partial charge in [0.25, 0.3) is 0 Å². The Morgan fingerprint density at radius 1 is 1.38 bits per heavy atom. The molecule has 2 fully saturated rings. The summed E-state index contributed by atoms with van der Waals surface area (Å²) >= 11 is 5.99. The molecule has 0 aromatic carbocycles. The Bertz CT molecular complexity index is 221. The van der Waals surface area contributed by atoms with Crippen LogP contribution < -0.4 is 0 Å². The minimum atomic E-state index is 0.385. The zero-order valence-corrected chi connectivity index (χ0v) is 11.1. The van der Waals surface area contributed by atoms with Gasteiger partial charge in [-0.2, -0.15) is 0 Å². The smallest absolute Gasteiger partial charge is 0.0829 e. The summed E-state index contributed by atoms with van der Waals surface area (Å²) in [4.78, 5) is 4.75. The molecule has 2 rings (SSSR count). The first-order chi connectivity index (χ1) is 7.63. The Morgan fingerprint density at radius 2 is 2.12 bits per heavy atom. The maximum atomic E-state index is 5.99. The van der Waals surface area contributed by atoms with Crippen LogP contribution in [-0.2, 0) is 4.74 Å². The monoisotopic (exact) mass is 246 g/mol.